The fourth-order valence-electron chi connectivity index (χ4n) is 10.6. The molecule has 111 heavy (non-hydrogen) atoms. The number of rotatable bonds is 46. The van der Waals surface area contributed by atoms with E-state index in [4.69, 9.17) is 106 Å². The molecule has 0 aliphatic carbocycles. The molecule has 25 nitrogen and oxygen atoms in total. The Morgan fingerprint density at radius 1 is 0.423 bits per heavy atom. The van der Waals surface area contributed by atoms with E-state index in [1.807, 2.05) is 96.1 Å². The van der Waals surface area contributed by atoms with Crippen LogP contribution in [-0.4, -0.2) is 261 Å². The predicted octanol–water partition coefficient (Wildman–Crippen LogP) is 12.4. The van der Waals surface area contributed by atoms with Gasteiger partial charge in [0, 0.05) is 126 Å². The molecule has 0 radical (unpaired) electrons. The van der Waals surface area contributed by atoms with Crippen LogP contribution >= 0.6 is 11.6 Å². The Balaban J connectivity index is 0.000000187. The largest absolute Gasteiger partial charge is 0.508 e. The van der Waals surface area contributed by atoms with Gasteiger partial charge in [0.2, 0.25) is 0 Å². The van der Waals surface area contributed by atoms with Gasteiger partial charge in [0.25, 0.3) is 0 Å². The van der Waals surface area contributed by atoms with Gasteiger partial charge in [-0.25, -0.2) is 0 Å². The van der Waals surface area contributed by atoms with Crippen LogP contribution in [0.4, 0.5) is 28.4 Å². The fourth-order valence-corrected chi connectivity index (χ4v) is 14.4. The molecular weight excluding hydrogens is 1480 g/mol. The van der Waals surface area contributed by atoms with Crippen molar-refractivity contribution in [3.05, 3.63) is 147 Å². The van der Waals surface area contributed by atoms with Crippen LogP contribution in [0.3, 0.4) is 0 Å². The van der Waals surface area contributed by atoms with Crippen LogP contribution in [0.5, 0.6) is 28.7 Å². The zero-order valence-corrected chi connectivity index (χ0v) is 69.9. The van der Waals surface area contributed by atoms with Crippen LogP contribution in [-0.2, 0) is 69.2 Å². The Hall–Kier alpha value is -6.30. The number of phenolic OH excluding ortho intramolecular Hbond substituents is 2. The van der Waals surface area contributed by atoms with Gasteiger partial charge in [-0.3, -0.25) is 0 Å². The normalized spacial score (nSPS) is 20.9. The number of hydrogen-bond acceptors (Lipinski definition) is 25. The van der Waals surface area contributed by atoms with Crippen LogP contribution in [0.1, 0.15) is 81.1 Å². The van der Waals surface area contributed by atoms with Crippen molar-refractivity contribution >= 4 is 58.4 Å². The number of benzene rings is 5. The minimum Gasteiger partial charge on any atom is -0.508 e. The maximum atomic E-state index is 9.26. The average Bonchev–Trinajstić information content (AvgIpc) is 1.71. The van der Waals surface area contributed by atoms with E-state index < -0.39 is 18.3 Å². The number of allylic oxidation sites excluding steroid dienone is 1. The summed E-state index contributed by atoms with van der Waals surface area (Å²) in [6.07, 6.45) is 11.3. The molecule has 0 saturated carbocycles. The van der Waals surface area contributed by atoms with E-state index in [9.17, 15) is 5.11 Å². The molecule has 0 spiro atoms. The maximum Gasteiger partial charge on any atom is 0.501 e. The number of phenols is 2. The predicted molar refractivity (Wildman–Crippen MR) is 441 cm³/mol. The standard InChI is InChI=1S/C21H35NO6Si.C16H23NO3.C15H19NO3.C12H15NO3.C6H7NO.C6H16O3Si.C4H8.C3H5ClO/c1-4-26-29(27-5-2,28-6-3)13-7-12-23-19-10-8-18(9-11-19)22(14-20-16-24-20)15-21-17-25-21;1-2-3-8-17(9-15-10-19-15)13-4-6-14(7-5-13)18-11-16-12-20-16;1-2-7-17-13-5-3-12(4-6-13)16(8-14-10-18-14)9-15-11-19-15;14-10-3-1-9(2-4-10)13(5-11-7-15-11)6-12-8-16-12;7-5-1-3-6(8)4-2-5;1-4-7-10(8-5-2)9-6-3;1-3-4-2;4-1-3-2-5-3/h8-11,20-21H,4-7,12-17H2,1-3H3;4-7,15-16H,2-3,8-12H2,1H3;2-6,14-15H,1,7-11H2;1-4,11-12,14H,5-8H2;1-4,8H,7H2;10H,4-6H2,1-3H3;3H,1,4H2,2H3;3H,1-2H2. The van der Waals surface area contributed by atoms with Gasteiger partial charge in [0.15, 0.2) is 0 Å². The van der Waals surface area contributed by atoms with Gasteiger partial charge in [0.05, 0.1) is 121 Å². The molecule has 4 N–H and O–H groups in total. The highest BCUT2D eigenvalue weighted by atomic mass is 35.5. The Morgan fingerprint density at radius 3 is 1.03 bits per heavy atom. The summed E-state index contributed by atoms with van der Waals surface area (Å²) in [7, 11) is -4.32. The van der Waals surface area contributed by atoms with E-state index in [1.165, 1.54) is 29.9 Å². The third kappa shape index (κ3) is 42.1. The van der Waals surface area contributed by atoms with E-state index in [-0.39, 0.29) is 5.75 Å². The molecule has 9 unspecified atom stereocenters. The molecular formula is C83H128ClN5O20Si2. The van der Waals surface area contributed by atoms with E-state index in [2.05, 4.69) is 83.0 Å². The first kappa shape index (κ1) is 91.9. The Morgan fingerprint density at radius 2 is 0.739 bits per heavy atom. The number of nitrogens with zero attached hydrogens (tertiary/aromatic N) is 4. The van der Waals surface area contributed by atoms with Crippen molar-refractivity contribution in [1.82, 2.24) is 0 Å². The number of ether oxygens (including phenoxy) is 12. The van der Waals surface area contributed by atoms with Gasteiger partial charge in [-0.05, 0) is 182 Å². The maximum absolute atomic E-state index is 9.26. The second kappa shape index (κ2) is 53.0. The number of epoxide rings is 9. The highest BCUT2D eigenvalue weighted by molar-refractivity contribution is 6.60. The number of nitrogens with two attached hydrogens (primary N) is 1. The highest BCUT2D eigenvalue weighted by Gasteiger charge is 2.40. The molecule has 9 aliphatic rings. The molecule has 28 heteroatoms. The summed E-state index contributed by atoms with van der Waals surface area (Å²) < 4.78 is 97.6. The van der Waals surface area contributed by atoms with Gasteiger partial charge in [-0.1, -0.05) is 39.0 Å². The highest BCUT2D eigenvalue weighted by Crippen LogP contribution is 2.30. The zero-order valence-electron chi connectivity index (χ0n) is 67.0. The lowest BCUT2D eigenvalue weighted by atomic mass is 10.2. The van der Waals surface area contributed by atoms with Crippen molar-refractivity contribution in [2.45, 2.75) is 142 Å². The SMILES string of the molecule is C=CCC.C=CCOc1ccc(N(CC2CO2)CC2CO2)cc1.CCCCN(CC1CO1)c1ccc(OCC2CO2)cc1.CCO[SiH](OCC)OCC.CCO[Si](CCCOc1ccc(N(CC2CO2)CC2CO2)cc1)(OCC)OCC.ClCC1CO1.Nc1ccc(O)cc1.Oc1ccc(N(CC2CO2)CC2CO2)cc1. The van der Waals surface area contributed by atoms with Crippen LogP contribution in [0.25, 0.3) is 0 Å². The van der Waals surface area contributed by atoms with Crippen LogP contribution in [0.2, 0.25) is 6.04 Å². The summed E-state index contributed by atoms with van der Waals surface area (Å²) in [5.74, 6) is 3.88. The molecule has 9 aliphatic heterocycles. The van der Waals surface area contributed by atoms with Crippen molar-refractivity contribution in [3.63, 3.8) is 0 Å². The fraction of sp³-hybridized carbons (Fsp3) is 0.590. The first-order valence-electron chi connectivity index (χ1n) is 39.8. The minimum atomic E-state index is -2.59. The first-order chi connectivity index (χ1) is 54.2. The molecule has 5 aromatic carbocycles. The van der Waals surface area contributed by atoms with Crippen molar-refractivity contribution in [3.8, 4) is 28.7 Å². The quantitative estimate of drug-likeness (QED) is 0.00621. The van der Waals surface area contributed by atoms with E-state index >= 15 is 0 Å². The number of anilines is 5. The number of halogens is 1. The van der Waals surface area contributed by atoms with Gasteiger partial charge in [0.1, 0.15) is 48.1 Å². The molecule has 620 valence electrons. The Bertz CT molecular complexity index is 3110. The average molecular weight is 1610 g/mol. The smallest absolute Gasteiger partial charge is 0.501 e. The second-order valence-corrected chi connectivity index (χ2v) is 31.7. The molecule has 9 heterocycles. The number of unbranched alkanes of at least 4 members (excludes halogenated alkanes) is 1. The first-order valence-corrected chi connectivity index (χ1v) is 43.7. The van der Waals surface area contributed by atoms with Gasteiger partial charge < -0.3 is 119 Å². The molecule has 0 bridgehead atoms. The Kier molecular flexibility index (Phi) is 43.8. The molecule has 5 aromatic rings. The lowest BCUT2D eigenvalue weighted by Gasteiger charge is -2.28. The molecule has 9 fully saturated rings. The molecule has 0 aromatic heterocycles. The lowest BCUT2D eigenvalue weighted by Crippen LogP contribution is -2.46. The van der Waals surface area contributed by atoms with Gasteiger partial charge in [-0.15, -0.1) is 18.2 Å². The number of hydrogen-bond donors (Lipinski definition) is 3. The Labute approximate surface area is 668 Å². The van der Waals surface area contributed by atoms with E-state index in [1.54, 1.807) is 42.5 Å². The summed E-state index contributed by atoms with van der Waals surface area (Å²) in [6, 6.07) is 39.3. The van der Waals surface area contributed by atoms with Crippen molar-refractivity contribution in [2.75, 3.05) is 202 Å². The van der Waals surface area contributed by atoms with Gasteiger partial charge >= 0.3 is 18.3 Å². The van der Waals surface area contributed by atoms with Crippen molar-refractivity contribution in [2.24, 2.45) is 0 Å². The monoisotopic (exact) mass is 1610 g/mol. The summed E-state index contributed by atoms with van der Waals surface area (Å²) in [6.45, 7) is 44.2. The van der Waals surface area contributed by atoms with Crippen LogP contribution in [0, 0.1) is 0 Å². The second-order valence-electron chi connectivity index (χ2n) is 27.1. The third-order valence-corrected chi connectivity index (χ3v) is 22.6. The van der Waals surface area contributed by atoms with Crippen molar-refractivity contribution < 1.29 is 93.6 Å². The van der Waals surface area contributed by atoms with E-state index in [0.29, 0.717) is 132 Å². The number of alkyl halides is 1. The third-order valence-electron chi connectivity index (χ3n) is 17.2. The summed E-state index contributed by atoms with van der Waals surface area (Å²) in [4.78, 5) is 9.33. The molecule has 0 amide bonds. The van der Waals surface area contributed by atoms with Gasteiger partial charge in [-0.2, -0.15) is 0 Å². The topological polar surface area (TPSA) is 275 Å². The summed E-state index contributed by atoms with van der Waals surface area (Å²) in [5, 5.41) is 18.0. The summed E-state index contributed by atoms with van der Waals surface area (Å²) >= 11 is 5.27. The zero-order chi connectivity index (χ0) is 79.3. The minimum absolute atomic E-state index is 0.249. The van der Waals surface area contributed by atoms with Crippen LogP contribution < -0.4 is 39.5 Å². The van der Waals surface area contributed by atoms with Crippen LogP contribution in [0.15, 0.2) is 147 Å². The summed E-state index contributed by atoms with van der Waals surface area (Å²) in [5.41, 5.74) is 10.7. The molecule has 9 saturated heterocycles. The number of nitrogen functional groups attached to an aromatic ring is 1. The lowest BCUT2D eigenvalue weighted by molar-refractivity contribution is 0.0696. The molecule has 14 rings (SSSR count). The van der Waals surface area contributed by atoms with E-state index in [0.717, 1.165) is 154 Å². The molecule has 9 atom stereocenters. The number of aromatic hydroxyl groups is 2. The van der Waals surface area contributed by atoms with Crippen molar-refractivity contribution in [1.29, 1.82) is 0 Å².